The first kappa shape index (κ1) is 10.6. The maximum Gasteiger partial charge on any atom is 0.129 e. The minimum atomic E-state index is 0.502. The first-order valence-electron chi connectivity index (χ1n) is 4.13. The topological polar surface area (TPSA) is 12.9 Å². The highest BCUT2D eigenvalue weighted by Gasteiger charge is 2.02. The Labute approximate surface area is 88.4 Å². The lowest BCUT2D eigenvalue weighted by Crippen LogP contribution is -1.86. The summed E-state index contributed by atoms with van der Waals surface area (Å²) in [6, 6.07) is 1.81. The molecule has 1 heterocycles. The molecule has 0 aromatic carbocycles. The van der Waals surface area contributed by atoms with Gasteiger partial charge in [0.1, 0.15) is 5.15 Å². The molecule has 0 saturated carbocycles. The second-order valence-corrected chi connectivity index (χ2v) is 3.58. The fraction of sp³-hybridized carbons (Fsp3) is 0.300. The van der Waals surface area contributed by atoms with Crippen LogP contribution in [0.5, 0.6) is 0 Å². The molecule has 0 N–H and O–H groups in total. The molecule has 0 spiro atoms. The van der Waals surface area contributed by atoms with Crippen molar-refractivity contribution in [3.05, 3.63) is 34.6 Å². The van der Waals surface area contributed by atoms with E-state index in [0.29, 0.717) is 5.15 Å². The lowest BCUT2D eigenvalue weighted by Gasteiger charge is -2.03. The number of halogens is 2. The minimum Gasteiger partial charge on any atom is -0.244 e. The summed E-state index contributed by atoms with van der Waals surface area (Å²) in [5, 5.41) is 1.24. The SMILES string of the molecule is CC/C=C(/Cl)c1cnc(Cl)cc1C. The first-order chi connectivity index (χ1) is 6.15. The van der Waals surface area contributed by atoms with Crippen LogP contribution < -0.4 is 0 Å². The Kier molecular flexibility index (Phi) is 3.76. The number of aryl methyl sites for hydroxylation is 1. The van der Waals surface area contributed by atoms with Gasteiger partial charge in [0.2, 0.25) is 0 Å². The van der Waals surface area contributed by atoms with E-state index in [9.17, 15) is 0 Å². The zero-order chi connectivity index (χ0) is 9.84. The molecule has 1 aromatic heterocycles. The third-order valence-corrected chi connectivity index (χ3v) is 2.28. The molecule has 0 aliphatic rings. The molecule has 0 amide bonds. The Balaban J connectivity index is 3.09. The fourth-order valence-corrected chi connectivity index (χ4v) is 1.63. The molecule has 0 aliphatic heterocycles. The van der Waals surface area contributed by atoms with Gasteiger partial charge in [-0.25, -0.2) is 4.98 Å². The van der Waals surface area contributed by atoms with E-state index in [4.69, 9.17) is 23.2 Å². The van der Waals surface area contributed by atoms with Gasteiger partial charge in [0.15, 0.2) is 0 Å². The maximum absolute atomic E-state index is 6.04. The first-order valence-corrected chi connectivity index (χ1v) is 4.89. The molecule has 13 heavy (non-hydrogen) atoms. The van der Waals surface area contributed by atoms with Crippen LogP contribution in [0.3, 0.4) is 0 Å². The average molecular weight is 216 g/mol. The second kappa shape index (κ2) is 4.64. The Hall–Kier alpha value is -0.530. The largest absolute Gasteiger partial charge is 0.244 e. The van der Waals surface area contributed by atoms with Crippen LogP contribution in [0.25, 0.3) is 5.03 Å². The van der Waals surface area contributed by atoms with Crippen LogP contribution in [0.15, 0.2) is 18.3 Å². The zero-order valence-corrected chi connectivity index (χ0v) is 9.15. The minimum absolute atomic E-state index is 0.502. The summed E-state index contributed by atoms with van der Waals surface area (Å²) in [6.07, 6.45) is 4.58. The van der Waals surface area contributed by atoms with E-state index in [1.165, 1.54) is 0 Å². The smallest absolute Gasteiger partial charge is 0.129 e. The molecule has 3 heteroatoms. The van der Waals surface area contributed by atoms with Crippen LogP contribution in [0.2, 0.25) is 5.15 Å². The van der Waals surface area contributed by atoms with Crippen molar-refractivity contribution >= 4 is 28.2 Å². The van der Waals surface area contributed by atoms with Gasteiger partial charge in [0, 0.05) is 16.8 Å². The van der Waals surface area contributed by atoms with Gasteiger partial charge in [0.25, 0.3) is 0 Å². The monoisotopic (exact) mass is 215 g/mol. The van der Waals surface area contributed by atoms with Crippen molar-refractivity contribution in [1.82, 2.24) is 4.98 Å². The molecule has 1 rings (SSSR count). The lowest BCUT2D eigenvalue weighted by molar-refractivity contribution is 1.22. The summed E-state index contributed by atoms with van der Waals surface area (Å²) in [7, 11) is 0. The van der Waals surface area contributed by atoms with Gasteiger partial charge in [0.05, 0.1) is 0 Å². The molecule has 1 aromatic rings. The van der Waals surface area contributed by atoms with Crippen LogP contribution in [0.4, 0.5) is 0 Å². The summed E-state index contributed by atoms with van der Waals surface area (Å²) < 4.78 is 0. The van der Waals surface area contributed by atoms with E-state index < -0.39 is 0 Å². The van der Waals surface area contributed by atoms with Crippen molar-refractivity contribution < 1.29 is 0 Å². The molecule has 70 valence electrons. The number of aromatic nitrogens is 1. The molecule has 0 radical (unpaired) electrons. The summed E-state index contributed by atoms with van der Waals surface area (Å²) in [6.45, 7) is 4.01. The zero-order valence-electron chi connectivity index (χ0n) is 7.64. The van der Waals surface area contributed by atoms with E-state index in [1.54, 1.807) is 6.20 Å². The number of nitrogens with zero attached hydrogens (tertiary/aromatic N) is 1. The van der Waals surface area contributed by atoms with Gasteiger partial charge in [-0.1, -0.05) is 36.2 Å². The van der Waals surface area contributed by atoms with Crippen LogP contribution >= 0.6 is 23.2 Å². The van der Waals surface area contributed by atoms with Gasteiger partial charge in [-0.15, -0.1) is 0 Å². The molecule has 0 bridgehead atoms. The van der Waals surface area contributed by atoms with Crippen LogP contribution in [0.1, 0.15) is 24.5 Å². The normalized spacial score (nSPS) is 11.8. The maximum atomic E-state index is 6.04. The molecule has 0 unspecified atom stereocenters. The van der Waals surface area contributed by atoms with Crippen LogP contribution in [0, 0.1) is 6.92 Å². The molecule has 0 fully saturated rings. The third-order valence-electron chi connectivity index (χ3n) is 1.72. The molecule has 0 atom stereocenters. The Morgan fingerprint density at radius 3 is 2.85 bits per heavy atom. The van der Waals surface area contributed by atoms with Crippen LogP contribution in [-0.2, 0) is 0 Å². The quantitative estimate of drug-likeness (QED) is 0.680. The predicted octanol–water partition coefficient (Wildman–Crippen LogP) is 4.03. The van der Waals surface area contributed by atoms with Gasteiger partial charge < -0.3 is 0 Å². The second-order valence-electron chi connectivity index (χ2n) is 2.78. The Morgan fingerprint density at radius 2 is 2.31 bits per heavy atom. The van der Waals surface area contributed by atoms with E-state index in [1.807, 2.05) is 26.0 Å². The van der Waals surface area contributed by atoms with Crippen molar-refractivity contribution in [3.8, 4) is 0 Å². The summed E-state index contributed by atoms with van der Waals surface area (Å²) in [4.78, 5) is 3.98. The average Bonchev–Trinajstić information content (AvgIpc) is 2.04. The molecular weight excluding hydrogens is 205 g/mol. The van der Waals surface area contributed by atoms with E-state index in [-0.39, 0.29) is 0 Å². The van der Waals surface area contributed by atoms with Crippen molar-refractivity contribution in [3.63, 3.8) is 0 Å². The predicted molar refractivity (Wildman–Crippen MR) is 58.1 cm³/mol. The number of hydrogen-bond donors (Lipinski definition) is 0. The standard InChI is InChI=1S/C10H11Cl2N/c1-3-4-9(11)8-6-13-10(12)5-7(8)2/h4-6H,3H2,1-2H3/b9-4+. The van der Waals surface area contributed by atoms with E-state index in [0.717, 1.165) is 22.6 Å². The van der Waals surface area contributed by atoms with Gasteiger partial charge in [-0.3, -0.25) is 0 Å². The fourth-order valence-electron chi connectivity index (χ4n) is 1.06. The van der Waals surface area contributed by atoms with Crippen molar-refractivity contribution in [1.29, 1.82) is 0 Å². The molecular formula is C10H11Cl2N. The van der Waals surface area contributed by atoms with Gasteiger partial charge in [-0.2, -0.15) is 0 Å². The number of pyridine rings is 1. The lowest BCUT2D eigenvalue weighted by atomic mass is 10.1. The summed E-state index contributed by atoms with van der Waals surface area (Å²) in [5.74, 6) is 0. The van der Waals surface area contributed by atoms with Crippen molar-refractivity contribution in [2.75, 3.05) is 0 Å². The number of rotatable bonds is 2. The van der Waals surface area contributed by atoms with Gasteiger partial charge >= 0.3 is 0 Å². The highest BCUT2D eigenvalue weighted by Crippen LogP contribution is 2.23. The highest BCUT2D eigenvalue weighted by atomic mass is 35.5. The Morgan fingerprint density at radius 1 is 1.62 bits per heavy atom. The number of hydrogen-bond acceptors (Lipinski definition) is 1. The highest BCUT2D eigenvalue weighted by molar-refractivity contribution is 6.48. The van der Waals surface area contributed by atoms with E-state index in [2.05, 4.69) is 4.98 Å². The molecule has 0 saturated heterocycles. The molecule has 0 aliphatic carbocycles. The summed E-state index contributed by atoms with van der Waals surface area (Å²) >= 11 is 11.8. The van der Waals surface area contributed by atoms with Crippen LogP contribution in [-0.4, -0.2) is 4.98 Å². The van der Waals surface area contributed by atoms with E-state index >= 15 is 0 Å². The number of allylic oxidation sites excluding steroid dienone is 1. The third kappa shape index (κ3) is 2.71. The Bertz CT molecular complexity index is 332. The molecule has 1 nitrogen and oxygen atoms in total. The van der Waals surface area contributed by atoms with Crippen molar-refractivity contribution in [2.24, 2.45) is 0 Å². The summed E-state index contributed by atoms with van der Waals surface area (Å²) in [5.41, 5.74) is 2.00. The van der Waals surface area contributed by atoms with Crippen molar-refractivity contribution in [2.45, 2.75) is 20.3 Å². The van der Waals surface area contributed by atoms with Gasteiger partial charge in [-0.05, 0) is 25.0 Å².